The van der Waals surface area contributed by atoms with Crippen molar-refractivity contribution in [3.05, 3.63) is 59.2 Å². The molecule has 0 saturated heterocycles. The van der Waals surface area contributed by atoms with Crippen molar-refractivity contribution in [2.75, 3.05) is 7.11 Å². The average molecular weight is 282 g/mol. The molecule has 21 heavy (non-hydrogen) atoms. The lowest BCUT2D eigenvalue weighted by atomic mass is 9.97. The van der Waals surface area contributed by atoms with Crippen molar-refractivity contribution in [3.8, 4) is 11.5 Å². The Balaban J connectivity index is 1.79. The smallest absolute Gasteiger partial charge is 0.120 e. The van der Waals surface area contributed by atoms with Crippen LogP contribution in [-0.2, 0) is 0 Å². The normalized spacial score (nSPS) is 17.2. The molecule has 108 valence electrons. The van der Waals surface area contributed by atoms with Gasteiger partial charge < -0.3 is 15.3 Å². The Morgan fingerprint density at radius 3 is 2.67 bits per heavy atom. The van der Waals surface area contributed by atoms with Crippen LogP contribution in [0.4, 0.5) is 0 Å². The monoisotopic (exact) mass is 282 g/mol. The molecule has 0 bridgehead atoms. The first-order valence-corrected chi connectivity index (χ1v) is 6.93. The van der Waals surface area contributed by atoms with E-state index in [2.05, 4.69) is 10.5 Å². The molecule has 1 aliphatic rings. The number of hydrazone groups is 1. The number of ether oxygens (including phenoxy) is 1. The average Bonchev–Trinajstić information content (AvgIpc) is 2.99. The highest BCUT2D eigenvalue weighted by atomic mass is 16.5. The molecule has 4 nitrogen and oxygen atoms in total. The molecule has 4 heteroatoms. The van der Waals surface area contributed by atoms with Crippen molar-refractivity contribution in [1.29, 1.82) is 0 Å². The minimum atomic E-state index is 0.0157. The molecule has 0 saturated carbocycles. The summed E-state index contributed by atoms with van der Waals surface area (Å²) in [5.41, 5.74) is 7.19. The van der Waals surface area contributed by atoms with Gasteiger partial charge in [-0.15, -0.1) is 0 Å². The molecule has 1 atom stereocenters. The van der Waals surface area contributed by atoms with E-state index < -0.39 is 0 Å². The number of nitrogens with one attached hydrogen (secondary N) is 1. The molecule has 2 aromatic carbocycles. The van der Waals surface area contributed by atoms with E-state index >= 15 is 0 Å². The molecular formula is C17H18N2O2. The van der Waals surface area contributed by atoms with Crippen molar-refractivity contribution >= 4 is 5.71 Å². The third-order valence-corrected chi connectivity index (χ3v) is 3.73. The predicted molar refractivity (Wildman–Crippen MR) is 82.9 cm³/mol. The van der Waals surface area contributed by atoms with Crippen molar-refractivity contribution < 1.29 is 9.84 Å². The summed E-state index contributed by atoms with van der Waals surface area (Å²) in [4.78, 5) is 0. The zero-order chi connectivity index (χ0) is 14.8. The number of hydrogen-bond donors (Lipinski definition) is 2. The third kappa shape index (κ3) is 2.70. The molecule has 1 heterocycles. The SMILES string of the molecule is COc1ccc(C2=NNC(c3cc(C)ccc3O)C2)cc1. The van der Waals surface area contributed by atoms with Gasteiger partial charge >= 0.3 is 0 Å². The van der Waals surface area contributed by atoms with Crippen LogP contribution >= 0.6 is 0 Å². The predicted octanol–water partition coefficient (Wildman–Crippen LogP) is 3.15. The first-order valence-electron chi connectivity index (χ1n) is 6.93. The van der Waals surface area contributed by atoms with Crippen LogP contribution in [0.25, 0.3) is 0 Å². The molecular weight excluding hydrogens is 264 g/mol. The summed E-state index contributed by atoms with van der Waals surface area (Å²) < 4.78 is 5.16. The van der Waals surface area contributed by atoms with Gasteiger partial charge in [0.15, 0.2) is 0 Å². The topological polar surface area (TPSA) is 53.8 Å². The van der Waals surface area contributed by atoms with Gasteiger partial charge in [0.25, 0.3) is 0 Å². The fraction of sp³-hybridized carbons (Fsp3) is 0.235. The first kappa shape index (κ1) is 13.5. The summed E-state index contributed by atoms with van der Waals surface area (Å²) in [5, 5.41) is 14.4. The van der Waals surface area contributed by atoms with Crippen molar-refractivity contribution in [3.63, 3.8) is 0 Å². The molecule has 0 aromatic heterocycles. The van der Waals surface area contributed by atoms with Gasteiger partial charge in [0.1, 0.15) is 11.5 Å². The van der Waals surface area contributed by atoms with Gasteiger partial charge in [-0.2, -0.15) is 5.10 Å². The number of phenols is 1. The highest BCUT2D eigenvalue weighted by Crippen LogP contribution is 2.31. The Hall–Kier alpha value is -2.49. The maximum absolute atomic E-state index is 10.0. The zero-order valence-electron chi connectivity index (χ0n) is 12.1. The van der Waals surface area contributed by atoms with Crippen LogP contribution in [0.5, 0.6) is 11.5 Å². The van der Waals surface area contributed by atoms with Crippen LogP contribution in [0.1, 0.15) is 29.2 Å². The fourth-order valence-electron chi connectivity index (χ4n) is 2.54. The lowest BCUT2D eigenvalue weighted by Gasteiger charge is -2.13. The Morgan fingerprint density at radius 2 is 1.95 bits per heavy atom. The van der Waals surface area contributed by atoms with Crippen LogP contribution in [-0.4, -0.2) is 17.9 Å². The standard InChI is InChI=1S/C17H18N2O2/c1-11-3-8-17(20)14(9-11)16-10-15(18-19-16)12-4-6-13(21-2)7-5-12/h3-9,16,19-20H,10H2,1-2H3. The molecule has 0 fully saturated rings. The Morgan fingerprint density at radius 1 is 1.19 bits per heavy atom. The van der Waals surface area contributed by atoms with Crippen molar-refractivity contribution in [2.45, 2.75) is 19.4 Å². The second kappa shape index (κ2) is 5.48. The number of aromatic hydroxyl groups is 1. The van der Waals surface area contributed by atoms with E-state index in [1.54, 1.807) is 13.2 Å². The van der Waals surface area contributed by atoms with E-state index in [-0.39, 0.29) is 6.04 Å². The molecule has 3 rings (SSSR count). The van der Waals surface area contributed by atoms with Gasteiger partial charge in [-0.3, -0.25) is 0 Å². The van der Waals surface area contributed by atoms with Gasteiger partial charge in [0.2, 0.25) is 0 Å². The number of phenolic OH excluding ortho intramolecular Hbond substituents is 1. The second-order valence-electron chi connectivity index (χ2n) is 5.24. The number of hydrogen-bond acceptors (Lipinski definition) is 4. The summed E-state index contributed by atoms with van der Waals surface area (Å²) in [6, 6.07) is 13.5. The van der Waals surface area contributed by atoms with Crippen molar-refractivity contribution in [1.82, 2.24) is 5.43 Å². The van der Waals surface area contributed by atoms with E-state index in [1.807, 2.05) is 43.3 Å². The number of benzene rings is 2. The van der Waals surface area contributed by atoms with Crippen LogP contribution < -0.4 is 10.2 Å². The summed E-state index contributed by atoms with van der Waals surface area (Å²) in [6.45, 7) is 2.02. The Labute approximate surface area is 124 Å². The number of rotatable bonds is 3. The summed E-state index contributed by atoms with van der Waals surface area (Å²) in [5.74, 6) is 1.14. The number of aryl methyl sites for hydroxylation is 1. The second-order valence-corrected chi connectivity index (χ2v) is 5.24. The van der Waals surface area contributed by atoms with E-state index in [0.717, 1.165) is 34.6 Å². The van der Waals surface area contributed by atoms with Crippen LogP contribution in [0.15, 0.2) is 47.6 Å². The Kier molecular flexibility index (Phi) is 3.52. The maximum atomic E-state index is 10.0. The van der Waals surface area contributed by atoms with E-state index in [9.17, 15) is 5.11 Å². The van der Waals surface area contributed by atoms with Crippen LogP contribution in [0.2, 0.25) is 0 Å². The van der Waals surface area contributed by atoms with E-state index in [1.165, 1.54) is 0 Å². The quantitative estimate of drug-likeness (QED) is 0.909. The van der Waals surface area contributed by atoms with E-state index in [0.29, 0.717) is 5.75 Å². The highest BCUT2D eigenvalue weighted by molar-refractivity contribution is 6.01. The van der Waals surface area contributed by atoms with Crippen LogP contribution in [0, 0.1) is 6.92 Å². The molecule has 0 aliphatic carbocycles. The third-order valence-electron chi connectivity index (χ3n) is 3.73. The van der Waals surface area contributed by atoms with Crippen LogP contribution in [0.3, 0.4) is 0 Å². The molecule has 1 aliphatic heterocycles. The zero-order valence-corrected chi connectivity index (χ0v) is 12.1. The molecule has 0 amide bonds. The Bertz CT molecular complexity index is 678. The number of nitrogens with zero attached hydrogens (tertiary/aromatic N) is 1. The summed E-state index contributed by atoms with van der Waals surface area (Å²) in [7, 11) is 1.65. The number of methoxy groups -OCH3 is 1. The van der Waals surface area contributed by atoms with Gasteiger partial charge in [0, 0.05) is 12.0 Å². The first-order chi connectivity index (χ1) is 10.2. The largest absolute Gasteiger partial charge is 0.508 e. The molecule has 0 spiro atoms. The van der Waals surface area contributed by atoms with Gasteiger partial charge in [-0.05, 0) is 42.8 Å². The molecule has 2 N–H and O–H groups in total. The van der Waals surface area contributed by atoms with Gasteiger partial charge in [-0.1, -0.05) is 17.7 Å². The highest BCUT2D eigenvalue weighted by Gasteiger charge is 2.23. The van der Waals surface area contributed by atoms with Gasteiger partial charge in [-0.25, -0.2) is 0 Å². The maximum Gasteiger partial charge on any atom is 0.120 e. The van der Waals surface area contributed by atoms with Crippen molar-refractivity contribution in [2.24, 2.45) is 5.10 Å². The van der Waals surface area contributed by atoms with E-state index in [4.69, 9.17) is 4.74 Å². The summed E-state index contributed by atoms with van der Waals surface area (Å²) in [6.07, 6.45) is 0.753. The lowest BCUT2D eigenvalue weighted by molar-refractivity contribution is 0.415. The molecule has 1 unspecified atom stereocenters. The van der Waals surface area contributed by atoms with Gasteiger partial charge in [0.05, 0.1) is 18.9 Å². The lowest BCUT2D eigenvalue weighted by Crippen LogP contribution is -2.10. The fourth-order valence-corrected chi connectivity index (χ4v) is 2.54. The minimum Gasteiger partial charge on any atom is -0.508 e. The molecule has 2 aromatic rings. The summed E-state index contributed by atoms with van der Waals surface area (Å²) >= 11 is 0. The molecule has 0 radical (unpaired) electrons. The minimum absolute atomic E-state index is 0.0157.